The Balaban J connectivity index is 2.23. The lowest BCUT2D eigenvalue weighted by atomic mass is 10.0. The summed E-state index contributed by atoms with van der Waals surface area (Å²) >= 11 is 1.37. The Labute approximate surface area is 240 Å². The number of nitrogens with one attached hydrogen (secondary N) is 3. The number of rotatable bonds is 16. The third kappa shape index (κ3) is 11.4. The Morgan fingerprint density at radius 3 is 1.68 bits per heavy atom. The summed E-state index contributed by atoms with van der Waals surface area (Å²) in [5.41, 5.74) is 7.33. The molecule has 0 saturated carbocycles. The van der Waals surface area contributed by atoms with E-state index in [0.29, 0.717) is 16.9 Å². The van der Waals surface area contributed by atoms with Gasteiger partial charge in [0.05, 0.1) is 12.5 Å². The molecule has 0 aliphatic carbocycles. The van der Waals surface area contributed by atoms with Gasteiger partial charge in [-0.15, -0.1) is 0 Å². The van der Waals surface area contributed by atoms with Gasteiger partial charge in [0.25, 0.3) is 0 Å². The van der Waals surface area contributed by atoms with Crippen molar-refractivity contribution < 1.29 is 44.4 Å². The van der Waals surface area contributed by atoms with Crippen LogP contribution >= 0.6 is 11.8 Å². The minimum Gasteiger partial charge on any atom is -0.508 e. The van der Waals surface area contributed by atoms with E-state index in [9.17, 15) is 39.3 Å². The molecular formula is C27H34N4O9S. The fourth-order valence-corrected chi connectivity index (χ4v) is 4.23. The van der Waals surface area contributed by atoms with Gasteiger partial charge in [0.2, 0.25) is 17.7 Å². The van der Waals surface area contributed by atoms with Crippen molar-refractivity contribution in [3.05, 3.63) is 59.7 Å². The van der Waals surface area contributed by atoms with Gasteiger partial charge < -0.3 is 42.1 Å². The Hall–Kier alpha value is -4.30. The lowest BCUT2D eigenvalue weighted by Crippen LogP contribution is -2.58. The van der Waals surface area contributed by atoms with E-state index >= 15 is 0 Å². The minimum absolute atomic E-state index is 0.00199. The van der Waals surface area contributed by atoms with Gasteiger partial charge in [-0.3, -0.25) is 19.2 Å². The molecule has 0 aliphatic rings. The molecule has 4 unspecified atom stereocenters. The smallest absolute Gasteiger partial charge is 0.326 e. The highest BCUT2D eigenvalue weighted by Crippen LogP contribution is 2.14. The number of phenols is 2. The van der Waals surface area contributed by atoms with Crippen LogP contribution in [0.4, 0.5) is 0 Å². The second kappa shape index (κ2) is 16.1. The highest BCUT2D eigenvalue weighted by Gasteiger charge is 2.31. The molecule has 0 bridgehead atoms. The van der Waals surface area contributed by atoms with Gasteiger partial charge >= 0.3 is 11.9 Å². The molecular weight excluding hydrogens is 556 g/mol. The lowest BCUT2D eigenvalue weighted by molar-refractivity contribution is -0.147. The maximum absolute atomic E-state index is 13.4. The molecule has 0 aliphatic heterocycles. The molecule has 4 atom stereocenters. The number of carboxylic acid groups (broad SMARTS) is 2. The largest absolute Gasteiger partial charge is 0.508 e. The second-order valence-corrected chi connectivity index (χ2v) is 10.2. The maximum Gasteiger partial charge on any atom is 0.326 e. The monoisotopic (exact) mass is 590 g/mol. The molecule has 0 spiro atoms. The number of nitrogens with two attached hydrogens (primary N) is 1. The SMILES string of the molecule is CSCCC(NC(=O)C(Cc1ccc(O)cc1)NC(=O)C(N)Cc1ccc(O)cc1)C(=O)NC(CC(=O)O)C(=O)O. The fraction of sp³-hybridized carbons (Fsp3) is 0.370. The zero-order chi connectivity index (χ0) is 30.5. The van der Waals surface area contributed by atoms with E-state index in [1.54, 1.807) is 30.5 Å². The molecule has 0 saturated heterocycles. The van der Waals surface area contributed by atoms with E-state index in [4.69, 9.17) is 10.8 Å². The van der Waals surface area contributed by atoms with E-state index in [0.717, 1.165) is 0 Å². The van der Waals surface area contributed by atoms with Crippen molar-refractivity contribution in [1.82, 2.24) is 16.0 Å². The molecule has 0 radical (unpaired) electrons. The summed E-state index contributed by atoms with van der Waals surface area (Å²) in [7, 11) is 0. The highest BCUT2D eigenvalue weighted by molar-refractivity contribution is 7.98. The first-order valence-corrected chi connectivity index (χ1v) is 13.9. The number of carbonyl (C=O) groups is 5. The average molecular weight is 591 g/mol. The molecule has 41 heavy (non-hydrogen) atoms. The quantitative estimate of drug-likeness (QED) is 0.129. The molecule has 3 amide bonds. The van der Waals surface area contributed by atoms with Crippen molar-refractivity contribution in [2.75, 3.05) is 12.0 Å². The summed E-state index contributed by atoms with van der Waals surface area (Å²) in [4.78, 5) is 61.8. The Kier molecular flexibility index (Phi) is 12.9. The Morgan fingerprint density at radius 2 is 1.20 bits per heavy atom. The number of carboxylic acids is 2. The second-order valence-electron chi connectivity index (χ2n) is 9.25. The maximum atomic E-state index is 13.4. The zero-order valence-electron chi connectivity index (χ0n) is 22.3. The fourth-order valence-electron chi connectivity index (χ4n) is 3.76. The average Bonchev–Trinajstić information content (AvgIpc) is 2.92. The van der Waals surface area contributed by atoms with Crippen LogP contribution in [0.25, 0.3) is 0 Å². The van der Waals surface area contributed by atoms with Gasteiger partial charge in [0.1, 0.15) is 29.6 Å². The topological polar surface area (TPSA) is 228 Å². The number of aliphatic carboxylic acids is 2. The predicted molar refractivity (Wildman–Crippen MR) is 150 cm³/mol. The zero-order valence-corrected chi connectivity index (χ0v) is 23.1. The van der Waals surface area contributed by atoms with Crippen LogP contribution in [0.2, 0.25) is 0 Å². The molecule has 2 aromatic carbocycles. The van der Waals surface area contributed by atoms with Crippen molar-refractivity contribution in [3.63, 3.8) is 0 Å². The first-order valence-electron chi connectivity index (χ1n) is 12.6. The van der Waals surface area contributed by atoms with Crippen LogP contribution in [-0.4, -0.2) is 86.3 Å². The van der Waals surface area contributed by atoms with E-state index in [-0.39, 0.29) is 30.8 Å². The van der Waals surface area contributed by atoms with Gasteiger partial charge in [-0.1, -0.05) is 24.3 Å². The molecule has 222 valence electrons. The van der Waals surface area contributed by atoms with Crippen LogP contribution in [-0.2, 0) is 36.8 Å². The first-order chi connectivity index (χ1) is 19.4. The molecule has 14 heteroatoms. The van der Waals surface area contributed by atoms with Crippen molar-refractivity contribution in [2.45, 2.75) is 49.9 Å². The van der Waals surface area contributed by atoms with E-state index in [2.05, 4.69) is 16.0 Å². The molecule has 0 fully saturated rings. The van der Waals surface area contributed by atoms with Gasteiger partial charge in [-0.05, 0) is 60.2 Å². The van der Waals surface area contributed by atoms with E-state index in [1.165, 1.54) is 36.0 Å². The summed E-state index contributed by atoms with van der Waals surface area (Å²) in [6.45, 7) is 0. The van der Waals surface area contributed by atoms with Crippen molar-refractivity contribution >= 4 is 41.4 Å². The normalized spacial score (nSPS) is 13.7. The third-order valence-corrected chi connectivity index (χ3v) is 6.62. The summed E-state index contributed by atoms with van der Waals surface area (Å²) in [5, 5.41) is 44.6. The number of hydrogen-bond acceptors (Lipinski definition) is 9. The van der Waals surface area contributed by atoms with Crippen LogP contribution in [0.5, 0.6) is 11.5 Å². The Bertz CT molecular complexity index is 1210. The van der Waals surface area contributed by atoms with E-state index in [1.807, 2.05) is 0 Å². The van der Waals surface area contributed by atoms with Gasteiger partial charge in [0.15, 0.2) is 0 Å². The molecule has 2 aromatic rings. The standard InChI is InChI=1S/C27H34N4O9S/c1-41-11-10-20(25(37)31-22(27(39)40)14-23(34)35)29-26(38)21(13-16-4-8-18(33)9-5-16)30-24(36)19(28)12-15-2-6-17(32)7-3-15/h2-9,19-22,32-33H,10-14,28H2,1H3,(H,29,38)(H,30,36)(H,31,37)(H,34,35)(H,39,40). The van der Waals surface area contributed by atoms with Gasteiger partial charge in [-0.2, -0.15) is 11.8 Å². The molecule has 0 aromatic heterocycles. The minimum atomic E-state index is -1.71. The number of benzene rings is 2. The summed E-state index contributed by atoms with van der Waals surface area (Å²) < 4.78 is 0. The summed E-state index contributed by atoms with van der Waals surface area (Å²) in [6, 6.07) is 6.83. The van der Waals surface area contributed by atoms with Crippen LogP contribution in [0.1, 0.15) is 24.0 Å². The van der Waals surface area contributed by atoms with Crippen LogP contribution < -0.4 is 21.7 Å². The number of hydrogen-bond donors (Lipinski definition) is 8. The summed E-state index contributed by atoms with van der Waals surface area (Å²) in [5.74, 6) is -4.82. The lowest BCUT2D eigenvalue weighted by Gasteiger charge is -2.25. The number of amides is 3. The van der Waals surface area contributed by atoms with Crippen molar-refractivity contribution in [1.29, 1.82) is 0 Å². The van der Waals surface area contributed by atoms with E-state index < -0.39 is 60.2 Å². The molecule has 13 nitrogen and oxygen atoms in total. The number of carbonyl (C=O) groups excluding carboxylic acids is 3. The van der Waals surface area contributed by atoms with Gasteiger partial charge in [-0.25, -0.2) is 4.79 Å². The molecule has 2 rings (SSSR count). The van der Waals surface area contributed by atoms with Crippen LogP contribution in [0, 0.1) is 0 Å². The first kappa shape index (κ1) is 32.9. The van der Waals surface area contributed by atoms with Crippen LogP contribution in [0.3, 0.4) is 0 Å². The summed E-state index contributed by atoms with van der Waals surface area (Å²) in [6.07, 6.45) is 1.09. The van der Waals surface area contributed by atoms with Crippen molar-refractivity contribution in [3.8, 4) is 11.5 Å². The Morgan fingerprint density at radius 1 is 0.732 bits per heavy atom. The number of aromatic hydroxyl groups is 2. The molecule has 0 heterocycles. The highest BCUT2D eigenvalue weighted by atomic mass is 32.2. The number of thioether (sulfide) groups is 1. The number of phenolic OH excluding ortho intramolecular Hbond substituents is 2. The predicted octanol–water partition coefficient (Wildman–Crippen LogP) is -0.0229. The molecule has 9 N–H and O–H groups in total. The van der Waals surface area contributed by atoms with Crippen LogP contribution in [0.15, 0.2) is 48.5 Å². The third-order valence-electron chi connectivity index (χ3n) is 5.97. The van der Waals surface area contributed by atoms with Gasteiger partial charge in [0, 0.05) is 6.42 Å². The van der Waals surface area contributed by atoms with Crippen molar-refractivity contribution in [2.24, 2.45) is 5.73 Å².